The number of rotatable bonds is 16. The molecule has 5 aromatic rings. The van der Waals surface area contributed by atoms with E-state index in [1.54, 1.807) is 18.2 Å². The van der Waals surface area contributed by atoms with E-state index < -0.39 is 47.2 Å². The summed E-state index contributed by atoms with van der Waals surface area (Å²) in [6, 6.07) is 22.8. The van der Waals surface area contributed by atoms with Crippen molar-refractivity contribution in [2.24, 2.45) is 0 Å². The number of piperidine rings is 1. The molecule has 3 aliphatic heterocycles. The summed E-state index contributed by atoms with van der Waals surface area (Å²) in [6.07, 6.45) is 5.01. The quantitative estimate of drug-likeness (QED) is 0.0727. The summed E-state index contributed by atoms with van der Waals surface area (Å²) in [6.45, 7) is 4.68. The highest BCUT2D eigenvalue weighted by Crippen LogP contribution is 2.38. The van der Waals surface area contributed by atoms with Gasteiger partial charge in [0, 0.05) is 60.8 Å². The third-order valence-corrected chi connectivity index (χ3v) is 16.4. The summed E-state index contributed by atoms with van der Waals surface area (Å²) in [7, 11) is -10.7. The smallest absolute Gasteiger partial charge is 0.380 e. The largest absolute Gasteiger partial charge is 0.501 e. The standard InChI is InChI=1S/C46H50ClF4N7O4S3/c47-34-10-8-32(9-11-34)40-14-12-35(48)26-33(40)28-57-23-17-37(18-24-57)58-25-19-41-43(29-58)52-31-53-45(41)55-65(61,62)39-13-15-42(44(27-39)64(59,60)46(49,50)51)54-36(16-22-56-20-4-5-21-56)30-63-38-6-2-1-3-7-38/h1-3,6-15,26-27,31,36-37,54H,4-5,16-25,28-30H2,(H,52,53,55)/t36-/m1/s1/i37D. The predicted octanol–water partition coefficient (Wildman–Crippen LogP) is 9.11. The van der Waals surface area contributed by atoms with E-state index in [9.17, 15) is 35.8 Å². The summed E-state index contributed by atoms with van der Waals surface area (Å²) in [5, 5.41) is 3.65. The van der Waals surface area contributed by atoms with Crippen LogP contribution in [0.1, 0.15) is 50.3 Å². The van der Waals surface area contributed by atoms with Crippen LogP contribution in [-0.4, -0.2) is 104 Å². The van der Waals surface area contributed by atoms with Crippen molar-refractivity contribution in [1.29, 1.82) is 0 Å². The number of sulfonamides is 1. The maximum absolute atomic E-state index is 14.5. The first-order valence-corrected chi connectivity index (χ1v) is 25.8. The molecule has 2 N–H and O–H groups in total. The maximum Gasteiger partial charge on any atom is 0.501 e. The van der Waals surface area contributed by atoms with Crippen LogP contribution in [0.3, 0.4) is 0 Å². The van der Waals surface area contributed by atoms with Gasteiger partial charge in [0.05, 0.1) is 16.3 Å². The summed E-state index contributed by atoms with van der Waals surface area (Å²) >= 11 is 7.58. The molecule has 2 saturated heterocycles. The molecule has 346 valence electrons. The molecule has 11 nitrogen and oxygen atoms in total. The molecule has 65 heavy (non-hydrogen) atoms. The number of benzene rings is 4. The first-order valence-electron chi connectivity index (χ1n) is 22.0. The van der Waals surface area contributed by atoms with E-state index in [4.69, 9.17) is 11.6 Å². The Labute approximate surface area is 388 Å². The lowest BCUT2D eigenvalue weighted by Crippen LogP contribution is -2.46. The fraction of sp³-hybridized carbons (Fsp3) is 0.391. The predicted molar refractivity (Wildman–Crippen MR) is 247 cm³/mol. The molecule has 2 fully saturated rings. The van der Waals surface area contributed by atoms with E-state index in [-0.39, 0.29) is 30.3 Å². The zero-order valence-electron chi connectivity index (χ0n) is 36.4. The molecule has 1 atom stereocenters. The number of hydrogen-bond acceptors (Lipinski definition) is 11. The molecule has 0 amide bonds. The van der Waals surface area contributed by atoms with Crippen LogP contribution >= 0.6 is 23.4 Å². The van der Waals surface area contributed by atoms with E-state index >= 15 is 0 Å². The van der Waals surface area contributed by atoms with E-state index in [1.165, 1.54) is 30.2 Å². The number of hydrogen-bond donors (Lipinski definition) is 2. The van der Waals surface area contributed by atoms with Crippen molar-refractivity contribution in [3.63, 3.8) is 0 Å². The van der Waals surface area contributed by atoms with Gasteiger partial charge in [-0.25, -0.2) is 31.2 Å². The Bertz CT molecular complexity index is 2730. The molecule has 0 spiro atoms. The lowest BCUT2D eigenvalue weighted by molar-refractivity contribution is -0.0435. The Morgan fingerprint density at radius 2 is 1.62 bits per heavy atom. The number of halogens is 5. The van der Waals surface area contributed by atoms with Crippen LogP contribution in [0.4, 0.5) is 29.1 Å². The molecule has 1 aromatic heterocycles. The van der Waals surface area contributed by atoms with Crippen molar-refractivity contribution in [3.05, 3.63) is 125 Å². The summed E-state index contributed by atoms with van der Waals surface area (Å²) in [5.74, 6) is -0.0110. The zero-order chi connectivity index (χ0) is 46.7. The van der Waals surface area contributed by atoms with E-state index in [1.807, 2.05) is 47.4 Å². The van der Waals surface area contributed by atoms with Crippen LogP contribution in [0.5, 0.6) is 0 Å². The maximum atomic E-state index is 14.5. The highest BCUT2D eigenvalue weighted by molar-refractivity contribution is 7.99. The average molecular weight is 974 g/mol. The van der Waals surface area contributed by atoms with E-state index in [0.717, 1.165) is 59.6 Å². The number of nitrogens with one attached hydrogen (secondary N) is 2. The second-order valence-electron chi connectivity index (χ2n) is 16.5. The number of alkyl halides is 3. The molecular weight excluding hydrogens is 922 g/mol. The third-order valence-electron chi connectivity index (χ3n) is 12.1. The first-order chi connectivity index (χ1) is 31.5. The summed E-state index contributed by atoms with van der Waals surface area (Å²) < 4.78 is 123. The molecular formula is C46H50ClF4N7O4S3. The van der Waals surface area contributed by atoms with Gasteiger partial charge in [-0.2, -0.15) is 13.2 Å². The lowest BCUT2D eigenvalue weighted by atomic mass is 9.96. The van der Waals surface area contributed by atoms with Crippen LogP contribution in [0.25, 0.3) is 11.1 Å². The van der Waals surface area contributed by atoms with Crippen molar-refractivity contribution in [1.82, 2.24) is 24.7 Å². The molecule has 4 heterocycles. The third kappa shape index (κ3) is 11.5. The van der Waals surface area contributed by atoms with E-state index in [2.05, 4.69) is 29.8 Å². The normalized spacial score (nSPS) is 18.2. The van der Waals surface area contributed by atoms with Crippen molar-refractivity contribution in [2.45, 2.75) is 83.9 Å². The molecule has 0 aliphatic carbocycles. The van der Waals surface area contributed by atoms with Gasteiger partial charge in [-0.3, -0.25) is 14.5 Å². The van der Waals surface area contributed by atoms with Gasteiger partial charge < -0.3 is 10.2 Å². The molecule has 8 rings (SSSR count). The van der Waals surface area contributed by atoms with Crippen LogP contribution < -0.4 is 10.0 Å². The number of anilines is 2. The van der Waals surface area contributed by atoms with Crippen molar-refractivity contribution in [3.8, 4) is 11.1 Å². The molecule has 4 aromatic carbocycles. The number of sulfone groups is 1. The second kappa shape index (κ2) is 20.3. The Kier molecular flexibility index (Phi) is 14.3. The Balaban J connectivity index is 0.967. The van der Waals surface area contributed by atoms with Crippen molar-refractivity contribution < 1.29 is 35.8 Å². The van der Waals surface area contributed by atoms with Crippen molar-refractivity contribution >= 4 is 54.7 Å². The van der Waals surface area contributed by atoms with Crippen molar-refractivity contribution in [2.75, 3.05) is 55.1 Å². The Hall–Kier alpha value is -4.30. The topological polar surface area (TPSA) is 128 Å². The SMILES string of the molecule is [2H]C1(N2CCc3c(ncnc3NS(=O)(=O)c3ccc(N[C@H](CCN4CCCC4)CSc4ccccc4)c(S(=O)(=O)C(F)(F)F)c3)C2)CCN(Cc2cc(F)ccc2-c2ccc(Cl)cc2)CC1. The number of thioether (sulfide) groups is 1. The Morgan fingerprint density at radius 3 is 2.34 bits per heavy atom. The minimum atomic E-state index is -6.02. The first kappa shape index (κ1) is 45.8. The van der Waals surface area contributed by atoms with Crippen LogP contribution in [0.2, 0.25) is 5.02 Å². The Morgan fingerprint density at radius 1 is 0.877 bits per heavy atom. The molecule has 0 saturated carbocycles. The number of likely N-dealkylation sites (tertiary alicyclic amines) is 2. The number of aromatic nitrogens is 2. The van der Waals surface area contributed by atoms with Crippen LogP contribution in [0.15, 0.2) is 112 Å². The molecule has 0 unspecified atom stereocenters. The minimum absolute atomic E-state index is 0.0811. The number of fused-ring (bicyclic) bond motifs is 1. The second-order valence-corrected chi connectivity index (χ2v) is 21.6. The lowest BCUT2D eigenvalue weighted by Gasteiger charge is -2.40. The highest BCUT2D eigenvalue weighted by atomic mass is 35.5. The molecule has 0 radical (unpaired) electrons. The molecule has 19 heteroatoms. The highest BCUT2D eigenvalue weighted by Gasteiger charge is 2.48. The van der Waals surface area contributed by atoms with Gasteiger partial charge in [-0.1, -0.05) is 48.0 Å². The monoisotopic (exact) mass is 972 g/mol. The molecule has 3 aliphatic rings. The minimum Gasteiger partial charge on any atom is -0.380 e. The summed E-state index contributed by atoms with van der Waals surface area (Å²) in [5.41, 5.74) is -2.46. The zero-order valence-corrected chi connectivity index (χ0v) is 38.6. The van der Waals surface area contributed by atoms with Crippen LogP contribution in [-0.2, 0) is 39.4 Å². The van der Waals surface area contributed by atoms with Crippen LogP contribution in [0, 0.1) is 5.82 Å². The summed E-state index contributed by atoms with van der Waals surface area (Å²) in [4.78, 5) is 14.1. The van der Waals surface area contributed by atoms with Gasteiger partial charge in [-0.05, 0) is 136 Å². The van der Waals surface area contributed by atoms with Gasteiger partial charge in [0.15, 0.2) is 0 Å². The van der Waals surface area contributed by atoms with Gasteiger partial charge in [0.25, 0.3) is 19.9 Å². The fourth-order valence-corrected chi connectivity index (χ4v) is 11.9. The van der Waals surface area contributed by atoms with Gasteiger partial charge in [0.2, 0.25) is 0 Å². The van der Waals surface area contributed by atoms with E-state index in [0.29, 0.717) is 80.1 Å². The average Bonchev–Trinajstić information content (AvgIpc) is 3.82. The number of nitrogens with zero attached hydrogens (tertiary/aromatic N) is 5. The van der Waals surface area contributed by atoms with Gasteiger partial charge in [0.1, 0.15) is 22.9 Å². The molecule has 0 bridgehead atoms. The van der Waals surface area contributed by atoms with Gasteiger partial charge >= 0.3 is 5.51 Å². The van der Waals surface area contributed by atoms with Gasteiger partial charge in [-0.15, -0.1) is 11.8 Å². The fourth-order valence-electron chi connectivity index (χ4n) is 8.64.